The SMILES string of the molecule is COc1ccc(C=CC(=O)O[C@@H]2[C@H](O)C[C@]3(C)[C@H]4CC=C5[C@@H]6[C@@H](C)[C@H](C)C[C@@H](C(=O)O)[C@H]6CC[C@@]5(C)[C@]4(C)CC[C@H]3C2(C)C)cc1O. The third-order valence-corrected chi connectivity index (χ3v) is 15.0. The number of rotatable bonds is 5. The molecule has 0 unspecified atom stereocenters. The molecule has 0 saturated heterocycles. The van der Waals surface area contributed by atoms with Crippen molar-refractivity contribution in [2.24, 2.45) is 63.1 Å². The van der Waals surface area contributed by atoms with Gasteiger partial charge >= 0.3 is 11.9 Å². The number of aromatic hydroxyl groups is 1. The van der Waals surface area contributed by atoms with Crippen molar-refractivity contribution >= 4 is 18.0 Å². The predicted octanol–water partition coefficient (Wildman–Crippen LogP) is 7.89. The molecule has 0 heterocycles. The number of aliphatic hydroxyl groups is 1. The number of phenolic OH excluding ortho intramolecular Hbond substituents is 1. The van der Waals surface area contributed by atoms with Crippen LogP contribution in [0.25, 0.3) is 6.08 Å². The summed E-state index contributed by atoms with van der Waals surface area (Å²) in [6.07, 6.45) is 10.4. The second-order valence-electron chi connectivity index (χ2n) is 17.3. The van der Waals surface area contributed by atoms with E-state index in [1.807, 2.05) is 0 Å². The van der Waals surface area contributed by atoms with E-state index in [1.165, 1.54) is 24.8 Å². The van der Waals surface area contributed by atoms with Gasteiger partial charge in [-0.25, -0.2) is 4.79 Å². The molecular formula is C40H56O7. The molecule has 1 aromatic rings. The van der Waals surface area contributed by atoms with Crippen molar-refractivity contribution < 1.29 is 34.4 Å². The maximum Gasteiger partial charge on any atom is 0.331 e. The quantitative estimate of drug-likeness (QED) is 0.169. The van der Waals surface area contributed by atoms with Crippen molar-refractivity contribution in [2.75, 3.05) is 7.11 Å². The monoisotopic (exact) mass is 648 g/mol. The Kier molecular flexibility index (Phi) is 8.46. The summed E-state index contributed by atoms with van der Waals surface area (Å²) >= 11 is 0. The van der Waals surface area contributed by atoms with Crippen LogP contribution in [0.1, 0.15) is 99.0 Å². The second kappa shape index (κ2) is 11.7. The van der Waals surface area contributed by atoms with Crippen LogP contribution in [0.15, 0.2) is 35.9 Å². The van der Waals surface area contributed by atoms with E-state index in [9.17, 15) is 24.9 Å². The number of aliphatic hydroxyl groups excluding tert-OH is 1. The zero-order valence-corrected chi connectivity index (χ0v) is 29.6. The van der Waals surface area contributed by atoms with Gasteiger partial charge in [-0.15, -0.1) is 0 Å². The maximum absolute atomic E-state index is 13.1. The molecule has 6 rings (SSSR count). The molecule has 4 saturated carbocycles. The minimum Gasteiger partial charge on any atom is -0.504 e. The average molecular weight is 649 g/mol. The van der Waals surface area contributed by atoms with E-state index in [4.69, 9.17) is 9.47 Å². The molecule has 12 atom stereocenters. The summed E-state index contributed by atoms with van der Waals surface area (Å²) < 4.78 is 11.2. The Labute approximate surface area is 280 Å². The number of benzene rings is 1. The van der Waals surface area contributed by atoms with E-state index in [-0.39, 0.29) is 39.7 Å². The number of ether oxygens (including phenoxy) is 2. The number of aliphatic carboxylic acids is 1. The molecule has 4 fully saturated rings. The normalized spacial score (nSPS) is 43.9. The summed E-state index contributed by atoms with van der Waals surface area (Å²) in [5.41, 5.74) is 1.59. The topological polar surface area (TPSA) is 113 Å². The lowest BCUT2D eigenvalue weighted by molar-refractivity contribution is -0.237. The van der Waals surface area contributed by atoms with Crippen LogP contribution in [0, 0.1) is 63.1 Å². The third kappa shape index (κ3) is 5.08. The highest BCUT2D eigenvalue weighted by Crippen LogP contribution is 2.74. The van der Waals surface area contributed by atoms with Gasteiger partial charge in [-0.1, -0.05) is 66.2 Å². The van der Waals surface area contributed by atoms with Crippen LogP contribution in [0.3, 0.4) is 0 Å². The zero-order valence-electron chi connectivity index (χ0n) is 29.6. The molecule has 7 nitrogen and oxygen atoms in total. The highest BCUT2D eigenvalue weighted by molar-refractivity contribution is 5.87. The molecule has 5 aliphatic carbocycles. The van der Waals surface area contributed by atoms with Gasteiger partial charge < -0.3 is 24.8 Å². The van der Waals surface area contributed by atoms with Gasteiger partial charge in [0.2, 0.25) is 0 Å². The lowest BCUT2D eigenvalue weighted by Gasteiger charge is -2.71. The summed E-state index contributed by atoms with van der Waals surface area (Å²) in [6, 6.07) is 4.93. The van der Waals surface area contributed by atoms with E-state index in [1.54, 1.807) is 18.2 Å². The summed E-state index contributed by atoms with van der Waals surface area (Å²) in [5.74, 6) is 0.948. The molecule has 258 valence electrons. The van der Waals surface area contributed by atoms with Crippen LogP contribution in [-0.4, -0.2) is 46.6 Å². The van der Waals surface area contributed by atoms with Gasteiger partial charge in [0.15, 0.2) is 11.5 Å². The van der Waals surface area contributed by atoms with Gasteiger partial charge in [0.05, 0.1) is 19.1 Å². The molecule has 7 heteroatoms. The number of hydrogen-bond acceptors (Lipinski definition) is 6. The van der Waals surface area contributed by atoms with Crippen molar-refractivity contribution in [3.05, 3.63) is 41.5 Å². The number of phenols is 1. The van der Waals surface area contributed by atoms with Crippen molar-refractivity contribution in [3.63, 3.8) is 0 Å². The molecular weight excluding hydrogens is 592 g/mol. The third-order valence-electron chi connectivity index (χ3n) is 15.0. The van der Waals surface area contributed by atoms with Crippen LogP contribution in [-0.2, 0) is 14.3 Å². The smallest absolute Gasteiger partial charge is 0.331 e. The summed E-state index contributed by atoms with van der Waals surface area (Å²) in [7, 11) is 1.49. The standard InChI is InChI=1S/C40H56O7/c1-22-19-26(36(44)45)25-15-17-39(6)27(34(25)23(22)2)11-13-32-38(5)21-29(42)35(37(3,4)31(38)16-18-40(32,39)7)47-33(43)14-10-24-9-12-30(46-8)28(41)20-24/h9-12,14,20,22-23,25-26,29,31-32,34-35,41-42H,13,15-19,21H2,1-8H3,(H,44,45)/t22-,23+,25-,26-,29-,31+,32-,34-,35-,38+,39-,40-/m1/s1. The van der Waals surface area contributed by atoms with Crippen LogP contribution >= 0.6 is 0 Å². The number of carboxylic acid groups (broad SMARTS) is 1. The number of methoxy groups -OCH3 is 1. The van der Waals surface area contributed by atoms with E-state index < -0.39 is 29.6 Å². The fourth-order valence-corrected chi connectivity index (χ4v) is 12.4. The Morgan fingerprint density at radius 1 is 1.02 bits per heavy atom. The van der Waals surface area contributed by atoms with Gasteiger partial charge in [0.1, 0.15) is 6.10 Å². The summed E-state index contributed by atoms with van der Waals surface area (Å²) in [4.78, 5) is 25.5. The molecule has 0 aliphatic heterocycles. The number of carboxylic acids is 1. The highest BCUT2D eigenvalue weighted by Gasteiger charge is 2.69. The van der Waals surface area contributed by atoms with E-state index in [2.05, 4.69) is 54.5 Å². The van der Waals surface area contributed by atoms with Crippen molar-refractivity contribution in [1.29, 1.82) is 0 Å². The van der Waals surface area contributed by atoms with Crippen LogP contribution in [0.4, 0.5) is 0 Å². The van der Waals surface area contributed by atoms with Crippen molar-refractivity contribution in [1.82, 2.24) is 0 Å². The van der Waals surface area contributed by atoms with E-state index in [0.29, 0.717) is 41.4 Å². The molecule has 47 heavy (non-hydrogen) atoms. The zero-order chi connectivity index (χ0) is 34.3. The molecule has 1 aromatic carbocycles. The van der Waals surface area contributed by atoms with Gasteiger partial charge in [0.25, 0.3) is 0 Å². The van der Waals surface area contributed by atoms with Crippen LogP contribution in [0.2, 0.25) is 0 Å². The first-order valence-corrected chi connectivity index (χ1v) is 17.9. The summed E-state index contributed by atoms with van der Waals surface area (Å²) in [6.45, 7) is 16.3. The Morgan fingerprint density at radius 2 is 1.74 bits per heavy atom. The Balaban J connectivity index is 1.26. The second-order valence-corrected chi connectivity index (χ2v) is 17.3. The van der Waals surface area contributed by atoms with Crippen LogP contribution in [0.5, 0.6) is 11.5 Å². The first-order valence-electron chi connectivity index (χ1n) is 17.9. The van der Waals surface area contributed by atoms with Crippen LogP contribution < -0.4 is 4.74 Å². The molecule has 0 radical (unpaired) electrons. The van der Waals surface area contributed by atoms with E-state index >= 15 is 0 Å². The number of esters is 1. The number of hydrogen-bond donors (Lipinski definition) is 3. The average Bonchev–Trinajstić information content (AvgIpc) is 2.99. The maximum atomic E-state index is 13.1. The first-order chi connectivity index (χ1) is 22.0. The Morgan fingerprint density at radius 3 is 2.40 bits per heavy atom. The minimum absolute atomic E-state index is 0.00529. The molecule has 0 bridgehead atoms. The first kappa shape index (κ1) is 34.1. The lowest BCUT2D eigenvalue weighted by Crippen LogP contribution is -2.67. The fraction of sp³-hybridized carbons (Fsp3) is 0.700. The Hall–Kier alpha value is -2.80. The Bertz CT molecular complexity index is 1480. The predicted molar refractivity (Wildman–Crippen MR) is 181 cm³/mol. The van der Waals surface area contributed by atoms with E-state index in [0.717, 1.165) is 38.5 Å². The molecule has 0 spiro atoms. The van der Waals surface area contributed by atoms with Gasteiger partial charge in [-0.05, 0) is 120 Å². The fourth-order valence-electron chi connectivity index (χ4n) is 12.4. The molecule has 5 aliphatic rings. The molecule has 0 aromatic heterocycles. The number of fused-ring (bicyclic) bond motifs is 7. The lowest BCUT2D eigenvalue weighted by atomic mass is 9.34. The van der Waals surface area contributed by atoms with Crippen molar-refractivity contribution in [3.8, 4) is 11.5 Å². The van der Waals surface area contributed by atoms with Gasteiger partial charge in [-0.2, -0.15) is 0 Å². The minimum atomic E-state index is -0.791. The van der Waals surface area contributed by atoms with Crippen molar-refractivity contribution in [2.45, 2.75) is 106 Å². The van der Waals surface area contributed by atoms with Gasteiger partial charge in [-0.3, -0.25) is 4.79 Å². The molecule has 0 amide bonds. The van der Waals surface area contributed by atoms with Gasteiger partial charge in [0, 0.05) is 11.5 Å². The number of allylic oxidation sites excluding steroid dienone is 2. The number of carbonyl (C=O) groups is 2. The summed E-state index contributed by atoms with van der Waals surface area (Å²) in [5, 5.41) is 32.1. The highest BCUT2D eigenvalue weighted by atomic mass is 16.6. The number of carbonyl (C=O) groups excluding carboxylic acids is 1. The largest absolute Gasteiger partial charge is 0.504 e. The molecule has 3 N–H and O–H groups in total.